The third kappa shape index (κ3) is 5.30. The molecule has 5 rings (SSSR count). The molecule has 3 N–H and O–H groups in total. The molecule has 1 atom stereocenters. The Morgan fingerprint density at radius 2 is 1.89 bits per heavy atom. The molecule has 1 unspecified atom stereocenters. The fourth-order valence-corrected chi connectivity index (χ4v) is 4.05. The number of amides is 1. The van der Waals surface area contributed by atoms with Crippen LogP contribution in [0.2, 0.25) is 0 Å². The predicted molar refractivity (Wildman–Crippen MR) is 136 cm³/mol. The maximum absolute atomic E-state index is 11.8. The smallest absolute Gasteiger partial charge is 0.290 e. The van der Waals surface area contributed by atoms with E-state index < -0.39 is 0 Å². The topological polar surface area (TPSA) is 149 Å². The van der Waals surface area contributed by atoms with Crippen molar-refractivity contribution in [1.82, 2.24) is 25.4 Å². The standard InChI is InChI=1S/C23H23N9O.CH2O2/c1-3-15-13-24-23(30-27-15)26-17-8-11-32(14-17)21-18-7-6-16(25-20(33)4-2)12-19(18)22(29-28-21)31-9-5-10-31;2-1-3/h1,4,6-7,12-13,17H,2,5,8-11,14H2,(H,25,33)(H,24,26,30);1H,(H,2,3). The number of rotatable bonds is 6. The molecular weight excluding hydrogens is 462 g/mol. The second-order valence-corrected chi connectivity index (χ2v) is 8.13. The van der Waals surface area contributed by atoms with Crippen LogP contribution in [0.3, 0.4) is 0 Å². The SMILES string of the molecule is C#Cc1cnc(NC2CCN(c3nnc(N4CCC4)c4cc(NC(=O)C=C)ccc34)C2)nn1.O=CO. The van der Waals surface area contributed by atoms with Crippen molar-refractivity contribution in [3.63, 3.8) is 0 Å². The first-order chi connectivity index (χ1) is 17.6. The fourth-order valence-electron chi connectivity index (χ4n) is 4.05. The van der Waals surface area contributed by atoms with E-state index in [0.29, 0.717) is 17.3 Å². The zero-order chi connectivity index (χ0) is 25.5. The molecule has 1 amide bonds. The van der Waals surface area contributed by atoms with Crippen LogP contribution in [0.5, 0.6) is 0 Å². The van der Waals surface area contributed by atoms with Crippen LogP contribution < -0.4 is 20.4 Å². The molecule has 4 heterocycles. The van der Waals surface area contributed by atoms with Gasteiger partial charge in [-0.3, -0.25) is 9.59 Å². The van der Waals surface area contributed by atoms with Crippen molar-refractivity contribution >= 4 is 46.4 Å². The summed E-state index contributed by atoms with van der Waals surface area (Å²) in [5.41, 5.74) is 1.11. The molecule has 0 saturated carbocycles. The van der Waals surface area contributed by atoms with E-state index in [9.17, 15) is 4.79 Å². The van der Waals surface area contributed by atoms with E-state index in [0.717, 1.165) is 61.4 Å². The molecule has 2 aromatic heterocycles. The van der Waals surface area contributed by atoms with Gasteiger partial charge in [0.15, 0.2) is 17.3 Å². The molecule has 12 nitrogen and oxygen atoms in total. The Hall–Kier alpha value is -4.79. The van der Waals surface area contributed by atoms with E-state index in [4.69, 9.17) is 16.3 Å². The zero-order valence-electron chi connectivity index (χ0n) is 19.5. The van der Waals surface area contributed by atoms with Gasteiger partial charge >= 0.3 is 0 Å². The van der Waals surface area contributed by atoms with Crippen LogP contribution >= 0.6 is 0 Å². The summed E-state index contributed by atoms with van der Waals surface area (Å²) in [6, 6.07) is 5.98. The average molecular weight is 488 g/mol. The molecule has 184 valence electrons. The molecule has 2 aliphatic rings. The highest BCUT2D eigenvalue weighted by Crippen LogP contribution is 2.35. The first-order valence-corrected chi connectivity index (χ1v) is 11.3. The van der Waals surface area contributed by atoms with Gasteiger partial charge in [-0.2, -0.15) is 0 Å². The van der Waals surface area contributed by atoms with Crippen molar-refractivity contribution < 1.29 is 14.7 Å². The number of carbonyl (C=O) groups is 2. The first-order valence-electron chi connectivity index (χ1n) is 11.3. The molecule has 2 saturated heterocycles. The Balaban J connectivity index is 0.000000967. The van der Waals surface area contributed by atoms with Crippen molar-refractivity contribution in [3.8, 4) is 12.3 Å². The van der Waals surface area contributed by atoms with Gasteiger partial charge in [0.25, 0.3) is 6.47 Å². The number of hydrogen-bond donors (Lipinski definition) is 3. The zero-order valence-corrected chi connectivity index (χ0v) is 19.5. The Morgan fingerprint density at radius 1 is 1.14 bits per heavy atom. The summed E-state index contributed by atoms with van der Waals surface area (Å²) in [4.78, 5) is 28.8. The van der Waals surface area contributed by atoms with Crippen LogP contribution in [0, 0.1) is 12.3 Å². The van der Waals surface area contributed by atoms with Crippen molar-refractivity contribution in [2.45, 2.75) is 18.9 Å². The van der Waals surface area contributed by atoms with Crippen LogP contribution in [0.4, 0.5) is 23.3 Å². The molecule has 0 bridgehead atoms. The lowest BCUT2D eigenvalue weighted by molar-refractivity contribution is -0.122. The number of aromatic nitrogens is 5. The highest BCUT2D eigenvalue weighted by Gasteiger charge is 2.28. The Labute approximate surface area is 207 Å². The minimum atomic E-state index is -0.250. The van der Waals surface area contributed by atoms with Crippen molar-refractivity contribution in [3.05, 3.63) is 42.7 Å². The number of anilines is 4. The third-order valence-corrected chi connectivity index (χ3v) is 5.88. The maximum atomic E-state index is 11.8. The summed E-state index contributed by atoms with van der Waals surface area (Å²) in [6.45, 7) is 6.72. The fraction of sp³-hybridized carbons (Fsp3) is 0.292. The number of nitrogens with zero attached hydrogens (tertiary/aromatic N) is 7. The molecule has 0 radical (unpaired) electrons. The van der Waals surface area contributed by atoms with Crippen LogP contribution in [-0.4, -0.2) is 75.1 Å². The molecule has 1 aromatic carbocycles. The van der Waals surface area contributed by atoms with Crippen molar-refractivity contribution in [2.24, 2.45) is 0 Å². The second-order valence-electron chi connectivity index (χ2n) is 8.13. The number of nitrogens with one attached hydrogen (secondary N) is 2. The molecule has 3 aromatic rings. The van der Waals surface area contributed by atoms with E-state index in [2.05, 4.69) is 58.3 Å². The van der Waals surface area contributed by atoms with Gasteiger partial charge < -0.3 is 25.5 Å². The van der Waals surface area contributed by atoms with Gasteiger partial charge in [0, 0.05) is 48.7 Å². The van der Waals surface area contributed by atoms with Gasteiger partial charge in [-0.15, -0.1) is 26.8 Å². The van der Waals surface area contributed by atoms with Gasteiger partial charge in [-0.25, -0.2) is 4.98 Å². The maximum Gasteiger partial charge on any atom is 0.290 e. The number of terminal acetylenes is 1. The quantitative estimate of drug-likeness (QED) is 0.264. The van der Waals surface area contributed by atoms with Crippen LogP contribution in [0.25, 0.3) is 10.8 Å². The summed E-state index contributed by atoms with van der Waals surface area (Å²) in [6.07, 6.45) is 10.1. The molecular formula is C24H25N9O3. The second kappa shape index (κ2) is 11.1. The van der Waals surface area contributed by atoms with E-state index in [1.165, 1.54) is 12.3 Å². The van der Waals surface area contributed by atoms with Gasteiger partial charge in [-0.05, 0) is 43.0 Å². The predicted octanol–water partition coefficient (Wildman–Crippen LogP) is 1.52. The Bertz CT molecular complexity index is 1300. The van der Waals surface area contributed by atoms with Gasteiger partial charge in [0.1, 0.15) is 0 Å². The van der Waals surface area contributed by atoms with Crippen LogP contribution in [0.1, 0.15) is 18.5 Å². The first kappa shape index (κ1) is 24.3. The lowest BCUT2D eigenvalue weighted by atomic mass is 10.1. The van der Waals surface area contributed by atoms with Crippen molar-refractivity contribution in [2.75, 3.05) is 46.6 Å². The van der Waals surface area contributed by atoms with Gasteiger partial charge in [-0.1, -0.05) is 6.58 Å². The molecule has 36 heavy (non-hydrogen) atoms. The number of fused-ring (bicyclic) bond motifs is 1. The molecule has 2 aliphatic heterocycles. The van der Waals surface area contributed by atoms with Gasteiger partial charge in [0.05, 0.1) is 6.20 Å². The highest BCUT2D eigenvalue weighted by molar-refractivity contribution is 6.04. The third-order valence-electron chi connectivity index (χ3n) is 5.88. The minimum Gasteiger partial charge on any atom is -0.483 e. The summed E-state index contributed by atoms with van der Waals surface area (Å²) in [5.74, 6) is 4.28. The Morgan fingerprint density at radius 3 is 2.50 bits per heavy atom. The number of carboxylic acid groups (broad SMARTS) is 1. The highest BCUT2D eigenvalue weighted by atomic mass is 16.3. The van der Waals surface area contributed by atoms with E-state index >= 15 is 0 Å². The minimum absolute atomic E-state index is 0.140. The van der Waals surface area contributed by atoms with Crippen LogP contribution in [-0.2, 0) is 9.59 Å². The van der Waals surface area contributed by atoms with Crippen LogP contribution in [0.15, 0.2) is 37.1 Å². The lowest BCUT2D eigenvalue weighted by Gasteiger charge is -2.33. The average Bonchev–Trinajstić information content (AvgIpc) is 3.32. The summed E-state index contributed by atoms with van der Waals surface area (Å²) in [5, 5.41) is 32.2. The molecule has 12 heteroatoms. The summed E-state index contributed by atoms with van der Waals surface area (Å²) >= 11 is 0. The van der Waals surface area contributed by atoms with Gasteiger partial charge in [0.2, 0.25) is 11.9 Å². The number of carbonyl (C=O) groups excluding carboxylic acids is 1. The molecule has 0 aliphatic carbocycles. The summed E-state index contributed by atoms with van der Waals surface area (Å²) < 4.78 is 0. The lowest BCUT2D eigenvalue weighted by Crippen LogP contribution is -2.38. The number of benzene rings is 1. The van der Waals surface area contributed by atoms with E-state index in [1.807, 2.05) is 18.2 Å². The molecule has 2 fully saturated rings. The monoisotopic (exact) mass is 487 g/mol. The Kier molecular flexibility index (Phi) is 7.50. The normalized spacial score (nSPS) is 16.2. The van der Waals surface area contributed by atoms with E-state index in [-0.39, 0.29) is 18.4 Å². The van der Waals surface area contributed by atoms with Crippen molar-refractivity contribution in [1.29, 1.82) is 0 Å². The molecule has 0 spiro atoms. The van der Waals surface area contributed by atoms with E-state index in [1.54, 1.807) is 0 Å². The number of hydrogen-bond acceptors (Lipinski definition) is 10. The summed E-state index contributed by atoms with van der Waals surface area (Å²) in [7, 11) is 0. The largest absolute Gasteiger partial charge is 0.483 e.